The molecule has 9 heteroatoms. The average Bonchev–Trinajstić information content (AvgIpc) is 2.83. The van der Waals surface area contributed by atoms with Crippen molar-refractivity contribution >= 4 is 47.6 Å². The average molecular weight is 465 g/mol. The summed E-state index contributed by atoms with van der Waals surface area (Å²) in [6.07, 6.45) is 0.933. The number of amides is 1. The standard InChI is InChI=1S/C17H20BrClFNO4Si/c1-26(2,3)25-16-14(23)15(10-6-7-11(19)12(20)9-10)24-17(16)21-13(22)5-4-8-18/h6-7,9,23H,4-5,8H2,1-3H3,(H,21,22). The molecule has 0 atom stereocenters. The van der Waals surface area contributed by atoms with E-state index in [1.807, 2.05) is 19.6 Å². The van der Waals surface area contributed by atoms with Crippen LogP contribution in [0.1, 0.15) is 12.8 Å². The third-order valence-electron chi connectivity index (χ3n) is 3.22. The van der Waals surface area contributed by atoms with Crippen LogP contribution in [0.2, 0.25) is 24.7 Å². The highest BCUT2D eigenvalue weighted by Crippen LogP contribution is 2.47. The van der Waals surface area contributed by atoms with Gasteiger partial charge < -0.3 is 13.9 Å². The lowest BCUT2D eigenvalue weighted by Gasteiger charge is -2.18. The molecule has 0 unspecified atom stereocenters. The molecule has 1 aromatic heterocycles. The topological polar surface area (TPSA) is 71.7 Å². The zero-order valence-corrected chi connectivity index (χ0v) is 18.0. The van der Waals surface area contributed by atoms with Crippen molar-refractivity contribution in [1.29, 1.82) is 0 Å². The Morgan fingerprint density at radius 1 is 1.42 bits per heavy atom. The van der Waals surface area contributed by atoms with Gasteiger partial charge in [-0.25, -0.2) is 4.39 Å². The second-order valence-electron chi connectivity index (χ2n) is 6.62. The number of carbonyl (C=O) groups excluding carboxylic acids is 1. The van der Waals surface area contributed by atoms with E-state index in [0.717, 1.165) is 6.07 Å². The van der Waals surface area contributed by atoms with Crippen molar-refractivity contribution in [2.45, 2.75) is 32.5 Å². The highest BCUT2D eigenvalue weighted by Gasteiger charge is 2.29. The van der Waals surface area contributed by atoms with E-state index in [4.69, 9.17) is 20.4 Å². The van der Waals surface area contributed by atoms with E-state index < -0.39 is 14.1 Å². The van der Waals surface area contributed by atoms with Crippen LogP contribution in [0, 0.1) is 5.82 Å². The molecule has 0 radical (unpaired) electrons. The Labute approximate surface area is 165 Å². The fourth-order valence-corrected chi connectivity index (χ4v) is 3.34. The van der Waals surface area contributed by atoms with Crippen LogP contribution in [0.5, 0.6) is 11.5 Å². The number of furan rings is 1. The van der Waals surface area contributed by atoms with Gasteiger partial charge in [0.25, 0.3) is 0 Å². The lowest BCUT2D eigenvalue weighted by Crippen LogP contribution is -2.29. The zero-order chi connectivity index (χ0) is 19.5. The van der Waals surface area contributed by atoms with Crippen LogP contribution in [-0.2, 0) is 4.79 Å². The smallest absolute Gasteiger partial charge is 0.245 e. The van der Waals surface area contributed by atoms with Crippen molar-refractivity contribution in [3.05, 3.63) is 29.0 Å². The van der Waals surface area contributed by atoms with Crippen LogP contribution >= 0.6 is 27.5 Å². The third kappa shape index (κ3) is 5.25. The Balaban J connectivity index is 2.45. The van der Waals surface area contributed by atoms with Crippen molar-refractivity contribution < 1.29 is 23.1 Å². The molecule has 2 aromatic rings. The summed E-state index contributed by atoms with van der Waals surface area (Å²) in [7, 11) is -2.12. The highest BCUT2D eigenvalue weighted by molar-refractivity contribution is 9.09. The van der Waals surface area contributed by atoms with Crippen LogP contribution < -0.4 is 9.74 Å². The summed E-state index contributed by atoms with van der Waals surface area (Å²) < 4.78 is 25.3. The van der Waals surface area contributed by atoms with E-state index >= 15 is 0 Å². The molecule has 0 saturated heterocycles. The quantitative estimate of drug-likeness (QED) is 0.403. The third-order valence-corrected chi connectivity index (χ3v) is 4.90. The van der Waals surface area contributed by atoms with Gasteiger partial charge in [-0.1, -0.05) is 27.5 Å². The highest BCUT2D eigenvalue weighted by atomic mass is 79.9. The van der Waals surface area contributed by atoms with E-state index in [0.29, 0.717) is 11.8 Å². The summed E-state index contributed by atoms with van der Waals surface area (Å²) in [5.74, 6) is -1.13. The van der Waals surface area contributed by atoms with Crippen molar-refractivity contribution in [3.63, 3.8) is 0 Å². The van der Waals surface area contributed by atoms with Crippen molar-refractivity contribution in [1.82, 2.24) is 0 Å². The monoisotopic (exact) mass is 463 g/mol. The number of halogens is 3. The van der Waals surface area contributed by atoms with Gasteiger partial charge in [-0.15, -0.1) is 0 Å². The van der Waals surface area contributed by atoms with Gasteiger partial charge in [-0.3, -0.25) is 10.1 Å². The summed E-state index contributed by atoms with van der Waals surface area (Å²) in [5, 5.41) is 13.8. The summed E-state index contributed by atoms with van der Waals surface area (Å²) in [6, 6.07) is 4.02. The second-order valence-corrected chi connectivity index (χ2v) is 12.3. The molecule has 1 amide bonds. The van der Waals surface area contributed by atoms with Crippen LogP contribution in [0.15, 0.2) is 22.6 Å². The number of alkyl halides is 1. The van der Waals surface area contributed by atoms with Crippen LogP contribution in [0.25, 0.3) is 11.3 Å². The molecule has 0 saturated carbocycles. The molecule has 0 bridgehead atoms. The van der Waals surface area contributed by atoms with Gasteiger partial charge in [-0.2, -0.15) is 0 Å². The Kier molecular flexibility index (Phi) is 6.76. The number of rotatable bonds is 7. The summed E-state index contributed by atoms with van der Waals surface area (Å²) in [4.78, 5) is 12.0. The second kappa shape index (κ2) is 8.45. The summed E-state index contributed by atoms with van der Waals surface area (Å²) >= 11 is 8.97. The van der Waals surface area contributed by atoms with Gasteiger partial charge in [0.05, 0.1) is 5.02 Å². The first-order chi connectivity index (χ1) is 12.1. The Morgan fingerprint density at radius 2 is 2.12 bits per heavy atom. The van der Waals surface area contributed by atoms with Crippen molar-refractivity contribution in [2.24, 2.45) is 0 Å². The Morgan fingerprint density at radius 3 is 2.69 bits per heavy atom. The van der Waals surface area contributed by atoms with Gasteiger partial charge in [0.15, 0.2) is 5.76 Å². The largest absolute Gasteiger partial charge is 0.538 e. The Bertz CT molecular complexity index is 807. The van der Waals surface area contributed by atoms with Gasteiger partial charge in [-0.05, 0) is 44.3 Å². The fourth-order valence-electron chi connectivity index (χ4n) is 2.14. The molecule has 2 N–H and O–H groups in total. The molecule has 0 aliphatic carbocycles. The first-order valence-electron chi connectivity index (χ1n) is 7.98. The molecule has 2 rings (SSSR count). The molecule has 0 fully saturated rings. The van der Waals surface area contributed by atoms with E-state index in [1.54, 1.807) is 0 Å². The number of nitrogens with one attached hydrogen (secondary N) is 1. The maximum atomic E-state index is 13.8. The number of hydrogen-bond acceptors (Lipinski definition) is 4. The van der Waals surface area contributed by atoms with Crippen LogP contribution in [-0.4, -0.2) is 24.7 Å². The number of hydrogen-bond donors (Lipinski definition) is 2. The lowest BCUT2D eigenvalue weighted by molar-refractivity contribution is -0.116. The van der Waals surface area contributed by atoms with E-state index in [9.17, 15) is 14.3 Å². The maximum Gasteiger partial charge on any atom is 0.245 e. The van der Waals surface area contributed by atoms with Gasteiger partial charge in [0, 0.05) is 17.3 Å². The van der Waals surface area contributed by atoms with E-state index in [-0.39, 0.29) is 46.1 Å². The van der Waals surface area contributed by atoms with Gasteiger partial charge in [0.2, 0.25) is 31.6 Å². The molecule has 26 heavy (non-hydrogen) atoms. The van der Waals surface area contributed by atoms with Crippen LogP contribution in [0.3, 0.4) is 0 Å². The molecule has 1 heterocycles. The first kappa shape index (κ1) is 20.8. The number of benzene rings is 1. The predicted octanol–water partition coefficient (Wildman–Crippen LogP) is 5.77. The van der Waals surface area contributed by atoms with E-state index in [1.165, 1.54) is 12.1 Å². The molecular formula is C17H20BrClFNO4Si. The predicted molar refractivity (Wildman–Crippen MR) is 106 cm³/mol. The van der Waals surface area contributed by atoms with Crippen molar-refractivity contribution in [2.75, 3.05) is 10.6 Å². The summed E-state index contributed by atoms with van der Waals surface area (Å²) in [6.45, 7) is 5.78. The fraction of sp³-hybridized carbons (Fsp3) is 0.353. The van der Waals surface area contributed by atoms with Gasteiger partial charge in [0.1, 0.15) is 5.82 Å². The Hall–Kier alpha value is -1.51. The molecule has 142 valence electrons. The molecule has 0 aliphatic rings. The minimum atomic E-state index is -2.12. The molecular weight excluding hydrogens is 445 g/mol. The normalized spacial score (nSPS) is 11.5. The van der Waals surface area contributed by atoms with E-state index in [2.05, 4.69) is 21.2 Å². The first-order valence-corrected chi connectivity index (χ1v) is 12.9. The molecule has 1 aromatic carbocycles. The molecule has 5 nitrogen and oxygen atoms in total. The number of carbonyl (C=O) groups is 1. The number of anilines is 1. The van der Waals surface area contributed by atoms with Crippen LogP contribution in [0.4, 0.5) is 10.3 Å². The van der Waals surface area contributed by atoms with Crippen molar-refractivity contribution in [3.8, 4) is 22.8 Å². The maximum absolute atomic E-state index is 13.8. The number of aromatic hydroxyl groups is 1. The molecule has 0 aliphatic heterocycles. The zero-order valence-electron chi connectivity index (χ0n) is 14.7. The minimum Gasteiger partial charge on any atom is -0.538 e. The lowest BCUT2D eigenvalue weighted by atomic mass is 10.1. The molecule has 0 spiro atoms. The van der Waals surface area contributed by atoms with Gasteiger partial charge >= 0.3 is 0 Å². The SMILES string of the molecule is C[Si](C)(C)Oc1c(NC(=O)CCCBr)oc(-c2ccc(Cl)c(F)c2)c1O. The minimum absolute atomic E-state index is 0.00427. The summed E-state index contributed by atoms with van der Waals surface area (Å²) in [5.41, 5.74) is 0.283.